The maximum absolute atomic E-state index is 12.7. The summed E-state index contributed by atoms with van der Waals surface area (Å²) in [6, 6.07) is 7.08. The fraction of sp³-hybridized carbons (Fsp3) is 0.353. The van der Waals surface area contributed by atoms with Gasteiger partial charge in [-0.2, -0.15) is 10.1 Å². The molecule has 24 heavy (non-hydrogen) atoms. The molecule has 126 valence electrons. The molecule has 7 heteroatoms. The number of hydrogen-bond donors (Lipinski definition) is 1. The van der Waals surface area contributed by atoms with E-state index in [0.717, 1.165) is 5.56 Å². The average Bonchev–Trinajstić information content (AvgIpc) is 3.00. The number of carbonyl (C=O) groups is 1. The Labute approximate surface area is 140 Å². The van der Waals surface area contributed by atoms with Crippen LogP contribution in [-0.2, 0) is 9.53 Å². The SMILES string of the molecule is C=C1Nc2ncnn2C(c2ccccc2OC)C1C(=O)OC(C)C. The number of benzene rings is 1. The molecule has 1 aliphatic heterocycles. The number of methoxy groups -OCH3 is 1. The summed E-state index contributed by atoms with van der Waals surface area (Å²) in [6.45, 7) is 7.63. The Balaban J connectivity index is 2.13. The minimum Gasteiger partial charge on any atom is -0.496 e. The summed E-state index contributed by atoms with van der Waals surface area (Å²) < 4.78 is 12.6. The smallest absolute Gasteiger partial charge is 0.317 e. The lowest BCUT2D eigenvalue weighted by Gasteiger charge is -2.34. The highest BCUT2D eigenvalue weighted by atomic mass is 16.5. The fourth-order valence-corrected chi connectivity index (χ4v) is 2.90. The number of anilines is 1. The molecule has 0 spiro atoms. The second-order valence-corrected chi connectivity index (χ2v) is 5.83. The molecule has 3 rings (SSSR count). The van der Waals surface area contributed by atoms with Gasteiger partial charge < -0.3 is 14.8 Å². The number of aromatic nitrogens is 3. The number of fused-ring (bicyclic) bond motifs is 1. The quantitative estimate of drug-likeness (QED) is 0.868. The molecule has 0 saturated heterocycles. The number of para-hydroxylation sites is 1. The summed E-state index contributed by atoms with van der Waals surface area (Å²) in [4.78, 5) is 16.9. The van der Waals surface area contributed by atoms with Gasteiger partial charge in [0.15, 0.2) is 0 Å². The number of nitrogens with one attached hydrogen (secondary N) is 1. The second-order valence-electron chi connectivity index (χ2n) is 5.83. The molecule has 1 aromatic heterocycles. The van der Waals surface area contributed by atoms with E-state index < -0.39 is 12.0 Å². The van der Waals surface area contributed by atoms with Crippen LogP contribution in [0, 0.1) is 5.92 Å². The van der Waals surface area contributed by atoms with Crippen LogP contribution in [0.3, 0.4) is 0 Å². The summed E-state index contributed by atoms with van der Waals surface area (Å²) in [6.07, 6.45) is 1.22. The number of hydrogen-bond acceptors (Lipinski definition) is 6. The molecular formula is C17H20N4O3. The predicted octanol–water partition coefficient (Wildman–Crippen LogP) is 2.38. The van der Waals surface area contributed by atoms with Gasteiger partial charge in [0.2, 0.25) is 5.95 Å². The van der Waals surface area contributed by atoms with Crippen molar-refractivity contribution in [1.29, 1.82) is 0 Å². The third-order valence-corrected chi connectivity index (χ3v) is 3.86. The summed E-state index contributed by atoms with van der Waals surface area (Å²) in [5.74, 6) is 0.197. The van der Waals surface area contributed by atoms with Gasteiger partial charge in [-0.3, -0.25) is 4.79 Å². The van der Waals surface area contributed by atoms with Crippen molar-refractivity contribution in [1.82, 2.24) is 14.8 Å². The minimum absolute atomic E-state index is 0.222. The minimum atomic E-state index is -0.641. The molecule has 2 heterocycles. The van der Waals surface area contributed by atoms with Crippen molar-refractivity contribution in [2.45, 2.75) is 26.0 Å². The largest absolute Gasteiger partial charge is 0.496 e. The monoisotopic (exact) mass is 328 g/mol. The lowest BCUT2D eigenvalue weighted by molar-refractivity contribution is -0.152. The van der Waals surface area contributed by atoms with Crippen LogP contribution in [0.4, 0.5) is 5.95 Å². The van der Waals surface area contributed by atoms with Gasteiger partial charge >= 0.3 is 5.97 Å². The molecule has 1 aliphatic rings. The molecule has 0 fully saturated rings. The number of ether oxygens (including phenoxy) is 2. The van der Waals surface area contributed by atoms with Crippen LogP contribution in [0.5, 0.6) is 5.75 Å². The molecule has 0 radical (unpaired) electrons. The zero-order valence-electron chi connectivity index (χ0n) is 13.9. The Morgan fingerprint density at radius 1 is 1.38 bits per heavy atom. The van der Waals surface area contributed by atoms with E-state index in [1.165, 1.54) is 6.33 Å². The van der Waals surface area contributed by atoms with E-state index >= 15 is 0 Å². The first-order chi connectivity index (χ1) is 11.5. The topological polar surface area (TPSA) is 78.3 Å². The van der Waals surface area contributed by atoms with E-state index in [1.807, 2.05) is 38.1 Å². The van der Waals surface area contributed by atoms with E-state index in [-0.39, 0.29) is 12.1 Å². The van der Waals surface area contributed by atoms with E-state index in [2.05, 4.69) is 22.0 Å². The van der Waals surface area contributed by atoms with Gasteiger partial charge in [-0.05, 0) is 19.9 Å². The Morgan fingerprint density at radius 2 is 2.12 bits per heavy atom. The van der Waals surface area contributed by atoms with Gasteiger partial charge in [-0.15, -0.1) is 0 Å². The van der Waals surface area contributed by atoms with E-state index in [1.54, 1.807) is 11.8 Å². The van der Waals surface area contributed by atoms with Crippen molar-refractivity contribution >= 4 is 11.9 Å². The molecule has 0 bridgehead atoms. The van der Waals surface area contributed by atoms with Gasteiger partial charge in [0.25, 0.3) is 0 Å². The summed E-state index contributed by atoms with van der Waals surface area (Å²) >= 11 is 0. The third-order valence-electron chi connectivity index (χ3n) is 3.86. The maximum Gasteiger partial charge on any atom is 0.317 e. The molecule has 0 saturated carbocycles. The molecule has 2 aromatic rings. The number of carbonyl (C=O) groups excluding carboxylic acids is 1. The highest BCUT2D eigenvalue weighted by molar-refractivity contribution is 5.79. The Bertz CT molecular complexity index is 769. The van der Waals surface area contributed by atoms with Crippen molar-refractivity contribution in [3.05, 3.63) is 48.4 Å². The third kappa shape index (κ3) is 2.73. The van der Waals surface area contributed by atoms with Crippen LogP contribution in [0.2, 0.25) is 0 Å². The molecule has 2 unspecified atom stereocenters. The van der Waals surface area contributed by atoms with Crippen LogP contribution in [0.1, 0.15) is 25.5 Å². The predicted molar refractivity (Wildman–Crippen MR) is 88.6 cm³/mol. The number of rotatable bonds is 4. The van der Waals surface area contributed by atoms with Crippen LogP contribution in [0.25, 0.3) is 0 Å². The first kappa shape index (κ1) is 16.0. The summed E-state index contributed by atoms with van der Waals surface area (Å²) in [5, 5.41) is 7.31. The molecule has 1 N–H and O–H groups in total. The highest BCUT2D eigenvalue weighted by Crippen LogP contribution is 2.41. The molecule has 2 atom stereocenters. The lowest BCUT2D eigenvalue weighted by Crippen LogP contribution is -2.38. The van der Waals surface area contributed by atoms with Gasteiger partial charge in [0.1, 0.15) is 24.0 Å². The standard InChI is InChI=1S/C17H20N4O3/c1-10(2)24-16(22)14-11(3)20-17-18-9-19-21(17)15(14)12-7-5-6-8-13(12)23-4/h5-10,14-15H,3H2,1-2,4H3,(H,18,19,20). The van der Waals surface area contributed by atoms with Crippen molar-refractivity contribution in [2.24, 2.45) is 5.92 Å². The normalized spacial score (nSPS) is 19.6. The first-order valence-corrected chi connectivity index (χ1v) is 7.71. The summed E-state index contributed by atoms with van der Waals surface area (Å²) in [5.41, 5.74) is 1.34. The first-order valence-electron chi connectivity index (χ1n) is 7.71. The van der Waals surface area contributed by atoms with Gasteiger partial charge in [-0.1, -0.05) is 24.8 Å². The van der Waals surface area contributed by atoms with Gasteiger partial charge in [0.05, 0.1) is 13.2 Å². The average molecular weight is 328 g/mol. The maximum atomic E-state index is 12.7. The molecular weight excluding hydrogens is 308 g/mol. The zero-order valence-corrected chi connectivity index (χ0v) is 13.9. The Kier molecular flexibility index (Phi) is 4.24. The number of esters is 1. The lowest BCUT2D eigenvalue weighted by atomic mass is 9.88. The highest BCUT2D eigenvalue weighted by Gasteiger charge is 2.41. The van der Waals surface area contributed by atoms with Crippen LogP contribution >= 0.6 is 0 Å². The summed E-state index contributed by atoms with van der Waals surface area (Å²) in [7, 11) is 1.60. The van der Waals surface area contributed by atoms with Gasteiger partial charge in [-0.25, -0.2) is 4.68 Å². The second kappa shape index (κ2) is 6.35. The van der Waals surface area contributed by atoms with Crippen molar-refractivity contribution in [3.63, 3.8) is 0 Å². The molecule has 7 nitrogen and oxygen atoms in total. The van der Waals surface area contributed by atoms with Crippen LogP contribution in [-0.4, -0.2) is 33.9 Å². The fourth-order valence-electron chi connectivity index (χ4n) is 2.90. The Hall–Kier alpha value is -2.83. The Morgan fingerprint density at radius 3 is 2.83 bits per heavy atom. The molecule has 0 aliphatic carbocycles. The van der Waals surface area contributed by atoms with E-state index in [9.17, 15) is 4.79 Å². The van der Waals surface area contributed by atoms with Crippen molar-refractivity contribution < 1.29 is 14.3 Å². The van der Waals surface area contributed by atoms with Crippen LogP contribution < -0.4 is 10.1 Å². The van der Waals surface area contributed by atoms with E-state index in [0.29, 0.717) is 17.4 Å². The molecule has 0 amide bonds. The van der Waals surface area contributed by atoms with Crippen molar-refractivity contribution in [3.8, 4) is 5.75 Å². The zero-order chi connectivity index (χ0) is 17.3. The van der Waals surface area contributed by atoms with Crippen LogP contribution in [0.15, 0.2) is 42.9 Å². The molecule has 1 aromatic carbocycles. The van der Waals surface area contributed by atoms with E-state index in [4.69, 9.17) is 9.47 Å². The van der Waals surface area contributed by atoms with Gasteiger partial charge in [0, 0.05) is 11.3 Å². The number of nitrogens with zero attached hydrogens (tertiary/aromatic N) is 3. The van der Waals surface area contributed by atoms with Crippen molar-refractivity contribution in [2.75, 3.05) is 12.4 Å².